The number of thioether (sulfide) groups is 2. The van der Waals surface area contributed by atoms with Crippen LogP contribution in [-0.4, -0.2) is 41.3 Å². The van der Waals surface area contributed by atoms with Gasteiger partial charge in [-0.15, -0.1) is 0 Å². The quantitative estimate of drug-likeness (QED) is 0.500. The molecule has 4 nitrogen and oxygen atoms in total. The van der Waals surface area contributed by atoms with Gasteiger partial charge in [0.1, 0.15) is 0 Å². The molecule has 0 amide bonds. The van der Waals surface area contributed by atoms with E-state index in [1.807, 2.05) is 0 Å². The first kappa shape index (κ1) is 13.0. The topological polar surface area (TPSA) is 49.0 Å². The normalized spacial score (nSPS) is 14.3. The fourth-order valence-corrected chi connectivity index (χ4v) is 3.50. The van der Waals surface area contributed by atoms with E-state index in [0.29, 0.717) is 0 Å². The lowest BCUT2D eigenvalue weighted by Gasteiger charge is -2.08. The van der Waals surface area contributed by atoms with Crippen LogP contribution < -0.4 is 5.56 Å². The van der Waals surface area contributed by atoms with E-state index in [4.69, 9.17) is 0 Å². The van der Waals surface area contributed by atoms with Crippen LogP contribution in [0.5, 0.6) is 0 Å². The molecule has 1 N–H and O–H groups in total. The number of rotatable bonds is 5. The Labute approximate surface area is 110 Å². The van der Waals surface area contributed by atoms with Gasteiger partial charge < -0.3 is 9.88 Å². The van der Waals surface area contributed by atoms with E-state index >= 15 is 0 Å². The predicted molar refractivity (Wildman–Crippen MR) is 73.8 cm³/mol. The maximum absolute atomic E-state index is 11.7. The van der Waals surface area contributed by atoms with E-state index in [2.05, 4.69) is 29.0 Å². The number of aromatic amines is 1. The fraction of sp³-hybridized carbons (Fsp3) is 0.636. The highest BCUT2D eigenvalue weighted by molar-refractivity contribution is 7.99. The second-order valence-electron chi connectivity index (χ2n) is 4.29. The Balaban J connectivity index is 1.94. The molecule has 0 aliphatic carbocycles. The van der Waals surface area contributed by atoms with Crippen molar-refractivity contribution in [1.82, 2.24) is 14.9 Å². The average molecular weight is 271 g/mol. The first-order valence-corrected chi connectivity index (χ1v) is 7.78. The fourth-order valence-electron chi connectivity index (χ4n) is 1.66. The molecule has 0 saturated heterocycles. The average Bonchev–Trinajstić information content (AvgIpc) is 2.72. The first-order chi connectivity index (χ1) is 8.16. The number of fused-ring (bicyclic) bond motifs is 1. The predicted octanol–water partition coefficient (Wildman–Crippen LogP) is 1.56. The molecule has 0 fully saturated rings. The lowest BCUT2D eigenvalue weighted by molar-refractivity contribution is 0.410. The van der Waals surface area contributed by atoms with Gasteiger partial charge in [-0.2, -0.15) is 11.8 Å². The van der Waals surface area contributed by atoms with Crippen molar-refractivity contribution in [2.75, 3.05) is 26.4 Å². The highest BCUT2D eigenvalue weighted by Crippen LogP contribution is 2.26. The van der Waals surface area contributed by atoms with Crippen molar-refractivity contribution in [3.8, 4) is 0 Å². The zero-order valence-electron chi connectivity index (χ0n) is 10.2. The molecule has 1 aliphatic heterocycles. The summed E-state index contributed by atoms with van der Waals surface area (Å²) in [6.07, 6.45) is 1.10. The molecule has 1 aromatic heterocycles. The minimum atomic E-state index is 0.0510. The van der Waals surface area contributed by atoms with E-state index in [-0.39, 0.29) is 5.56 Å². The summed E-state index contributed by atoms with van der Waals surface area (Å²) in [7, 11) is 4.13. The van der Waals surface area contributed by atoms with E-state index < -0.39 is 0 Å². The SMILES string of the molecule is CN(C)CCCSc1nc2c(c(=O)[nH]1)CSC2. The summed E-state index contributed by atoms with van der Waals surface area (Å²) in [5.74, 6) is 2.68. The van der Waals surface area contributed by atoms with Crippen molar-refractivity contribution < 1.29 is 0 Å². The van der Waals surface area contributed by atoms with Crippen molar-refractivity contribution in [2.24, 2.45) is 0 Å². The molecule has 1 aromatic rings. The molecule has 0 spiro atoms. The van der Waals surface area contributed by atoms with Crippen LogP contribution in [-0.2, 0) is 11.5 Å². The van der Waals surface area contributed by atoms with E-state index in [1.54, 1.807) is 23.5 Å². The maximum atomic E-state index is 11.7. The van der Waals surface area contributed by atoms with Crippen LogP contribution >= 0.6 is 23.5 Å². The van der Waals surface area contributed by atoms with Gasteiger partial charge in [0.15, 0.2) is 5.16 Å². The Bertz CT molecular complexity index is 445. The van der Waals surface area contributed by atoms with Gasteiger partial charge in [0.25, 0.3) is 5.56 Å². The van der Waals surface area contributed by atoms with Crippen LogP contribution in [0.4, 0.5) is 0 Å². The lowest BCUT2D eigenvalue weighted by Crippen LogP contribution is -2.16. The zero-order chi connectivity index (χ0) is 12.3. The Morgan fingerprint density at radius 2 is 2.29 bits per heavy atom. The molecule has 6 heteroatoms. The molecular formula is C11H17N3OS2. The van der Waals surface area contributed by atoms with Gasteiger partial charge in [0.05, 0.1) is 5.69 Å². The van der Waals surface area contributed by atoms with Gasteiger partial charge in [-0.1, -0.05) is 11.8 Å². The van der Waals surface area contributed by atoms with Gasteiger partial charge in [-0.25, -0.2) is 4.98 Å². The van der Waals surface area contributed by atoms with Crippen LogP contribution in [0.25, 0.3) is 0 Å². The molecule has 2 rings (SSSR count). The number of nitrogens with zero attached hydrogens (tertiary/aromatic N) is 2. The molecule has 17 heavy (non-hydrogen) atoms. The zero-order valence-corrected chi connectivity index (χ0v) is 11.8. The summed E-state index contributed by atoms with van der Waals surface area (Å²) in [6, 6.07) is 0. The third-order valence-electron chi connectivity index (χ3n) is 2.55. The number of nitrogens with one attached hydrogen (secondary N) is 1. The second kappa shape index (κ2) is 5.93. The van der Waals surface area contributed by atoms with Crippen molar-refractivity contribution in [2.45, 2.75) is 23.1 Å². The minimum Gasteiger partial charge on any atom is -0.309 e. The first-order valence-electron chi connectivity index (χ1n) is 5.64. The Kier molecular flexibility index (Phi) is 4.53. The summed E-state index contributed by atoms with van der Waals surface area (Å²) < 4.78 is 0. The highest BCUT2D eigenvalue weighted by atomic mass is 32.2. The molecule has 0 radical (unpaired) electrons. The van der Waals surface area contributed by atoms with Crippen molar-refractivity contribution in [3.05, 3.63) is 21.6 Å². The van der Waals surface area contributed by atoms with Gasteiger partial charge >= 0.3 is 0 Å². The van der Waals surface area contributed by atoms with Crippen LogP contribution in [0.15, 0.2) is 9.95 Å². The van der Waals surface area contributed by atoms with Crippen LogP contribution in [0.1, 0.15) is 17.7 Å². The van der Waals surface area contributed by atoms with Gasteiger partial charge in [-0.05, 0) is 27.1 Å². The summed E-state index contributed by atoms with van der Waals surface area (Å²) in [6.45, 7) is 1.07. The maximum Gasteiger partial charge on any atom is 0.255 e. The number of hydrogen-bond donors (Lipinski definition) is 1. The van der Waals surface area contributed by atoms with E-state index in [0.717, 1.165) is 46.6 Å². The van der Waals surface area contributed by atoms with Crippen molar-refractivity contribution in [3.63, 3.8) is 0 Å². The third-order valence-corrected chi connectivity index (χ3v) is 4.48. The minimum absolute atomic E-state index is 0.0510. The molecule has 94 valence electrons. The molecule has 0 saturated carbocycles. The third kappa shape index (κ3) is 3.50. The molecule has 0 bridgehead atoms. The van der Waals surface area contributed by atoms with Crippen molar-refractivity contribution in [1.29, 1.82) is 0 Å². The van der Waals surface area contributed by atoms with Gasteiger partial charge in [0.2, 0.25) is 0 Å². The van der Waals surface area contributed by atoms with Gasteiger partial charge in [-0.3, -0.25) is 4.79 Å². The van der Waals surface area contributed by atoms with Crippen LogP contribution in [0, 0.1) is 0 Å². The van der Waals surface area contributed by atoms with Crippen molar-refractivity contribution >= 4 is 23.5 Å². The molecule has 2 heterocycles. The Morgan fingerprint density at radius 3 is 3.06 bits per heavy atom. The van der Waals surface area contributed by atoms with E-state index in [1.165, 1.54) is 0 Å². The molecular weight excluding hydrogens is 254 g/mol. The monoisotopic (exact) mass is 271 g/mol. The lowest BCUT2D eigenvalue weighted by atomic mass is 10.3. The van der Waals surface area contributed by atoms with Crippen LogP contribution in [0.2, 0.25) is 0 Å². The number of hydrogen-bond acceptors (Lipinski definition) is 5. The summed E-state index contributed by atoms with van der Waals surface area (Å²) in [5, 5.41) is 0.773. The second-order valence-corrected chi connectivity index (χ2v) is 6.36. The largest absolute Gasteiger partial charge is 0.309 e. The molecule has 0 aromatic carbocycles. The van der Waals surface area contributed by atoms with Crippen LogP contribution in [0.3, 0.4) is 0 Å². The smallest absolute Gasteiger partial charge is 0.255 e. The standard InChI is InChI=1S/C11H17N3OS2/c1-14(2)4-3-5-17-11-12-9-7-16-6-8(9)10(15)13-11/h3-7H2,1-2H3,(H,12,13,15). The number of H-pyrrole nitrogens is 1. The molecule has 0 unspecified atom stereocenters. The highest BCUT2D eigenvalue weighted by Gasteiger charge is 2.17. The Morgan fingerprint density at radius 1 is 1.47 bits per heavy atom. The number of aromatic nitrogens is 2. The molecule has 1 aliphatic rings. The van der Waals surface area contributed by atoms with E-state index in [9.17, 15) is 4.79 Å². The molecule has 0 atom stereocenters. The van der Waals surface area contributed by atoms with Gasteiger partial charge in [0, 0.05) is 22.8 Å². The summed E-state index contributed by atoms with van der Waals surface area (Å²) in [5.41, 5.74) is 1.90. The summed E-state index contributed by atoms with van der Waals surface area (Å²) >= 11 is 3.40. The summed E-state index contributed by atoms with van der Waals surface area (Å²) in [4.78, 5) is 21.3. The Hall–Kier alpha value is -0.460.